The second-order valence-corrected chi connectivity index (χ2v) is 5.70. The van der Waals surface area contributed by atoms with E-state index in [9.17, 15) is 9.18 Å². The van der Waals surface area contributed by atoms with E-state index in [0.29, 0.717) is 15.1 Å². The molecule has 100 valence electrons. The van der Waals surface area contributed by atoms with Crippen molar-refractivity contribution in [3.63, 3.8) is 0 Å². The maximum atomic E-state index is 13.9. The van der Waals surface area contributed by atoms with Crippen LogP contribution in [0.4, 0.5) is 4.39 Å². The highest BCUT2D eigenvalue weighted by molar-refractivity contribution is 9.10. The van der Waals surface area contributed by atoms with Crippen LogP contribution in [0, 0.1) is 5.82 Å². The Morgan fingerprint density at radius 1 is 1.15 bits per heavy atom. The molecular formula is C15H8BrClFNO. The van der Waals surface area contributed by atoms with Crippen LogP contribution < -0.4 is 0 Å². The van der Waals surface area contributed by atoms with Crippen LogP contribution in [-0.2, 0) is 0 Å². The number of ketones is 1. The third-order valence-electron chi connectivity index (χ3n) is 3.06. The number of aromatic nitrogens is 1. The van der Waals surface area contributed by atoms with Crippen molar-refractivity contribution in [2.24, 2.45) is 0 Å². The van der Waals surface area contributed by atoms with Gasteiger partial charge in [-0.15, -0.1) is 0 Å². The molecule has 0 saturated heterocycles. The number of carbonyl (C=O) groups is 1. The molecule has 1 heterocycles. The summed E-state index contributed by atoms with van der Waals surface area (Å²) >= 11 is 9.07. The number of H-pyrrole nitrogens is 1. The van der Waals surface area contributed by atoms with E-state index in [4.69, 9.17) is 11.6 Å². The van der Waals surface area contributed by atoms with Crippen molar-refractivity contribution in [3.8, 4) is 0 Å². The van der Waals surface area contributed by atoms with Crippen LogP contribution in [0.2, 0.25) is 5.02 Å². The number of fused-ring (bicyclic) bond motifs is 1. The number of carbonyl (C=O) groups excluding carboxylic acids is 1. The second-order valence-electron chi connectivity index (χ2n) is 4.35. The summed E-state index contributed by atoms with van der Waals surface area (Å²) in [7, 11) is 0. The zero-order valence-corrected chi connectivity index (χ0v) is 12.4. The molecule has 0 bridgehead atoms. The molecule has 2 aromatic carbocycles. The Morgan fingerprint density at radius 3 is 2.70 bits per heavy atom. The van der Waals surface area contributed by atoms with Gasteiger partial charge in [-0.1, -0.05) is 33.6 Å². The van der Waals surface area contributed by atoms with Gasteiger partial charge in [0.2, 0.25) is 0 Å². The van der Waals surface area contributed by atoms with Gasteiger partial charge in [0.05, 0.1) is 5.56 Å². The fourth-order valence-corrected chi connectivity index (χ4v) is 2.61. The minimum atomic E-state index is -0.548. The summed E-state index contributed by atoms with van der Waals surface area (Å²) in [6.45, 7) is 0. The van der Waals surface area contributed by atoms with E-state index in [1.54, 1.807) is 30.5 Å². The molecule has 0 saturated carbocycles. The molecule has 0 atom stereocenters. The third kappa shape index (κ3) is 2.25. The van der Waals surface area contributed by atoms with Crippen LogP contribution in [0.1, 0.15) is 15.9 Å². The van der Waals surface area contributed by atoms with Crippen LogP contribution in [-0.4, -0.2) is 10.8 Å². The van der Waals surface area contributed by atoms with Gasteiger partial charge in [-0.3, -0.25) is 4.79 Å². The minimum absolute atomic E-state index is 0.0454. The fraction of sp³-hybridized carbons (Fsp3) is 0. The molecule has 0 fully saturated rings. The first kappa shape index (κ1) is 13.3. The van der Waals surface area contributed by atoms with Gasteiger partial charge >= 0.3 is 0 Å². The molecule has 0 spiro atoms. The first-order chi connectivity index (χ1) is 9.56. The van der Waals surface area contributed by atoms with E-state index in [0.717, 1.165) is 10.9 Å². The van der Waals surface area contributed by atoms with Crippen LogP contribution in [0.5, 0.6) is 0 Å². The lowest BCUT2D eigenvalue weighted by Crippen LogP contribution is -2.03. The van der Waals surface area contributed by atoms with Gasteiger partial charge < -0.3 is 4.98 Å². The highest BCUT2D eigenvalue weighted by Gasteiger charge is 2.17. The third-order valence-corrected chi connectivity index (χ3v) is 3.79. The first-order valence-electron chi connectivity index (χ1n) is 5.82. The number of hydrogen-bond acceptors (Lipinski definition) is 1. The fourth-order valence-electron chi connectivity index (χ4n) is 2.10. The first-order valence-corrected chi connectivity index (χ1v) is 7.00. The molecule has 0 amide bonds. The Hall–Kier alpha value is -1.65. The second kappa shape index (κ2) is 5.04. The lowest BCUT2D eigenvalue weighted by atomic mass is 10.0. The quantitative estimate of drug-likeness (QED) is 0.650. The van der Waals surface area contributed by atoms with E-state index < -0.39 is 5.82 Å². The molecule has 20 heavy (non-hydrogen) atoms. The molecule has 5 heteroatoms. The van der Waals surface area contributed by atoms with Crippen LogP contribution in [0.15, 0.2) is 47.1 Å². The molecule has 0 aliphatic carbocycles. The summed E-state index contributed by atoms with van der Waals surface area (Å²) in [4.78, 5) is 15.4. The van der Waals surface area contributed by atoms with Gasteiger partial charge in [0.1, 0.15) is 5.82 Å². The number of hydrogen-bond donors (Lipinski definition) is 1. The topological polar surface area (TPSA) is 32.9 Å². The van der Waals surface area contributed by atoms with Crippen molar-refractivity contribution < 1.29 is 9.18 Å². The highest BCUT2D eigenvalue weighted by atomic mass is 79.9. The Kier molecular flexibility index (Phi) is 3.36. The largest absolute Gasteiger partial charge is 0.360 e. The Morgan fingerprint density at radius 2 is 1.95 bits per heavy atom. The summed E-state index contributed by atoms with van der Waals surface area (Å²) in [5.74, 6) is -0.906. The van der Waals surface area contributed by atoms with Crippen molar-refractivity contribution in [3.05, 3.63) is 69.0 Å². The van der Waals surface area contributed by atoms with Gasteiger partial charge in [0, 0.05) is 32.2 Å². The van der Waals surface area contributed by atoms with Gasteiger partial charge in [0.15, 0.2) is 5.78 Å². The summed E-state index contributed by atoms with van der Waals surface area (Å²) in [6.07, 6.45) is 1.57. The van der Waals surface area contributed by atoms with Crippen molar-refractivity contribution >= 4 is 44.2 Å². The zero-order chi connectivity index (χ0) is 14.3. The van der Waals surface area contributed by atoms with Crippen LogP contribution >= 0.6 is 27.5 Å². The predicted molar refractivity (Wildman–Crippen MR) is 80.8 cm³/mol. The van der Waals surface area contributed by atoms with Crippen LogP contribution in [0.3, 0.4) is 0 Å². The molecule has 0 aliphatic rings. The molecule has 2 nitrogen and oxygen atoms in total. The van der Waals surface area contributed by atoms with Crippen molar-refractivity contribution in [1.29, 1.82) is 0 Å². The Bertz CT molecular complexity index is 828. The average Bonchev–Trinajstić information content (AvgIpc) is 2.80. The van der Waals surface area contributed by atoms with E-state index in [2.05, 4.69) is 20.9 Å². The molecule has 1 aromatic heterocycles. The molecule has 0 unspecified atom stereocenters. The summed E-state index contributed by atoms with van der Waals surface area (Å²) < 4.78 is 14.5. The van der Waals surface area contributed by atoms with E-state index >= 15 is 0 Å². The monoisotopic (exact) mass is 351 g/mol. The standard InChI is InChI=1S/C15H8BrClFNO/c16-8-1-3-11(13(18)5-8)15(20)12-7-19-14-6-9(17)2-4-10(12)14/h1-7,19H. The normalized spacial score (nSPS) is 10.9. The van der Waals surface area contributed by atoms with Gasteiger partial charge in [0.25, 0.3) is 0 Å². The highest BCUT2D eigenvalue weighted by Crippen LogP contribution is 2.25. The molecule has 1 N–H and O–H groups in total. The van der Waals surface area contributed by atoms with Gasteiger partial charge in [-0.05, 0) is 30.3 Å². The van der Waals surface area contributed by atoms with E-state index in [1.807, 2.05) is 0 Å². The molecular weight excluding hydrogens is 345 g/mol. The zero-order valence-electron chi connectivity index (χ0n) is 10.1. The predicted octanol–water partition coefficient (Wildman–Crippen LogP) is 4.95. The van der Waals surface area contributed by atoms with E-state index in [-0.39, 0.29) is 11.3 Å². The Balaban J connectivity index is 2.13. The lowest BCUT2D eigenvalue weighted by molar-refractivity contribution is 0.103. The summed E-state index contributed by atoms with van der Waals surface area (Å²) in [5, 5.41) is 1.30. The number of nitrogens with one attached hydrogen (secondary N) is 1. The maximum absolute atomic E-state index is 13.9. The molecule has 0 aliphatic heterocycles. The SMILES string of the molecule is O=C(c1ccc(Br)cc1F)c1c[nH]c2cc(Cl)ccc12. The van der Waals surface area contributed by atoms with Crippen LogP contribution in [0.25, 0.3) is 10.9 Å². The maximum Gasteiger partial charge on any atom is 0.198 e. The molecule has 3 aromatic rings. The van der Waals surface area contributed by atoms with Crippen molar-refractivity contribution in [2.45, 2.75) is 0 Å². The van der Waals surface area contributed by atoms with Crippen molar-refractivity contribution in [2.75, 3.05) is 0 Å². The Labute approximate surface area is 127 Å². The smallest absolute Gasteiger partial charge is 0.198 e. The van der Waals surface area contributed by atoms with Gasteiger partial charge in [-0.2, -0.15) is 0 Å². The number of halogens is 3. The number of rotatable bonds is 2. The summed E-state index contributed by atoms with van der Waals surface area (Å²) in [6, 6.07) is 9.56. The molecule has 3 rings (SSSR count). The van der Waals surface area contributed by atoms with Crippen molar-refractivity contribution in [1.82, 2.24) is 4.98 Å². The van der Waals surface area contributed by atoms with Gasteiger partial charge in [-0.25, -0.2) is 4.39 Å². The average molecular weight is 353 g/mol. The lowest BCUT2D eigenvalue weighted by Gasteiger charge is -2.02. The van der Waals surface area contributed by atoms with E-state index in [1.165, 1.54) is 12.1 Å². The minimum Gasteiger partial charge on any atom is -0.360 e. The molecule has 0 radical (unpaired) electrons. The summed E-state index contributed by atoms with van der Waals surface area (Å²) in [5.41, 5.74) is 1.22. The number of benzene rings is 2. The number of aromatic amines is 1.